The fourth-order valence-corrected chi connectivity index (χ4v) is 2.83. The Labute approximate surface area is 105 Å². The highest BCUT2D eigenvalue weighted by atomic mass is 16.5. The Bertz CT molecular complexity index is 709. The summed E-state index contributed by atoms with van der Waals surface area (Å²) in [5.41, 5.74) is 3.61. The Kier molecular flexibility index (Phi) is 1.80. The molecule has 1 aromatic carbocycles. The van der Waals surface area contributed by atoms with Crippen LogP contribution in [0.15, 0.2) is 42.1 Å². The van der Waals surface area contributed by atoms with Crippen LogP contribution in [-0.2, 0) is 0 Å². The van der Waals surface area contributed by atoms with Crippen molar-refractivity contribution in [3.63, 3.8) is 0 Å². The third kappa shape index (κ3) is 1.16. The number of ether oxygens (including phenoxy) is 1. The second-order valence-electron chi connectivity index (χ2n) is 5.07. The molecule has 18 heavy (non-hydrogen) atoms. The molecule has 3 heteroatoms. The molecule has 2 aromatic rings. The average Bonchev–Trinajstić information content (AvgIpc) is 2.80. The van der Waals surface area contributed by atoms with Crippen molar-refractivity contribution in [1.82, 2.24) is 9.78 Å². The molecule has 1 aromatic heterocycles. The molecule has 2 atom stereocenters. The maximum atomic E-state index is 6.10. The van der Waals surface area contributed by atoms with E-state index in [2.05, 4.69) is 47.9 Å². The van der Waals surface area contributed by atoms with Crippen molar-refractivity contribution in [2.75, 3.05) is 0 Å². The number of aryl methyl sites for hydroxylation is 1. The zero-order chi connectivity index (χ0) is 12.3. The molecule has 0 amide bonds. The maximum Gasteiger partial charge on any atom is 0.146 e. The van der Waals surface area contributed by atoms with E-state index < -0.39 is 0 Å². The Morgan fingerprint density at radius 3 is 3.06 bits per heavy atom. The zero-order valence-electron chi connectivity index (χ0n) is 10.4. The molecular weight excluding hydrogens is 224 g/mol. The number of nitrogens with zero attached hydrogens (tertiary/aromatic N) is 2. The molecule has 0 spiro atoms. The second kappa shape index (κ2) is 3.25. The topological polar surface area (TPSA) is 27.1 Å². The number of benzene rings is 1. The molecule has 0 fully saturated rings. The van der Waals surface area contributed by atoms with E-state index in [1.165, 1.54) is 16.5 Å². The van der Waals surface area contributed by atoms with Gasteiger partial charge in [0.05, 0.1) is 6.20 Å². The third-order valence-electron chi connectivity index (χ3n) is 3.80. The summed E-state index contributed by atoms with van der Waals surface area (Å²) in [5, 5.41) is 5.74. The second-order valence-corrected chi connectivity index (χ2v) is 5.07. The Morgan fingerprint density at radius 2 is 2.17 bits per heavy atom. The van der Waals surface area contributed by atoms with Gasteiger partial charge in [0.1, 0.15) is 23.4 Å². The molecular formula is C15H14N2O. The number of allylic oxidation sites excluding steroid dienone is 2. The standard InChI is InChI=1S/C15H14N2O/c1-9-3-5-12-14(7-9)18-13-6-4-10(2)11-8-16-17(12)15(11)13/h3-8,12,14H,1-2H3. The highest BCUT2D eigenvalue weighted by Gasteiger charge is 2.31. The monoisotopic (exact) mass is 238 g/mol. The molecule has 1 aliphatic heterocycles. The Morgan fingerprint density at radius 1 is 1.28 bits per heavy atom. The summed E-state index contributed by atoms with van der Waals surface area (Å²) in [6.07, 6.45) is 8.49. The van der Waals surface area contributed by atoms with Crippen LogP contribution >= 0.6 is 0 Å². The molecule has 2 unspecified atom stereocenters. The number of hydrogen-bond acceptors (Lipinski definition) is 2. The van der Waals surface area contributed by atoms with Crippen molar-refractivity contribution < 1.29 is 4.74 Å². The molecule has 3 nitrogen and oxygen atoms in total. The molecule has 0 radical (unpaired) electrons. The largest absolute Gasteiger partial charge is 0.481 e. The van der Waals surface area contributed by atoms with Crippen LogP contribution < -0.4 is 4.74 Å². The van der Waals surface area contributed by atoms with Gasteiger partial charge in [-0.05, 0) is 31.6 Å². The van der Waals surface area contributed by atoms with Gasteiger partial charge in [-0.25, -0.2) is 0 Å². The highest BCUT2D eigenvalue weighted by Crippen LogP contribution is 2.39. The molecule has 4 rings (SSSR count). The van der Waals surface area contributed by atoms with E-state index in [0.717, 1.165) is 11.3 Å². The molecule has 0 saturated carbocycles. The van der Waals surface area contributed by atoms with Crippen molar-refractivity contribution in [2.24, 2.45) is 0 Å². The van der Waals surface area contributed by atoms with Crippen LogP contribution in [-0.4, -0.2) is 15.9 Å². The summed E-state index contributed by atoms with van der Waals surface area (Å²) in [6, 6.07) is 4.33. The molecule has 2 aliphatic rings. The van der Waals surface area contributed by atoms with Crippen molar-refractivity contribution in [1.29, 1.82) is 0 Å². The first-order chi connectivity index (χ1) is 8.74. The summed E-state index contributed by atoms with van der Waals surface area (Å²) in [5.74, 6) is 0.939. The van der Waals surface area contributed by atoms with Crippen molar-refractivity contribution in [3.05, 3.63) is 47.7 Å². The van der Waals surface area contributed by atoms with Crippen LogP contribution in [0.5, 0.6) is 5.75 Å². The summed E-state index contributed by atoms with van der Waals surface area (Å²) in [4.78, 5) is 0. The minimum Gasteiger partial charge on any atom is -0.481 e. The van der Waals surface area contributed by atoms with Crippen LogP contribution in [0, 0.1) is 6.92 Å². The van der Waals surface area contributed by atoms with E-state index in [0.29, 0.717) is 0 Å². The van der Waals surface area contributed by atoms with Crippen LogP contribution in [0.1, 0.15) is 18.5 Å². The fraction of sp³-hybridized carbons (Fsp3) is 0.267. The Balaban J connectivity index is 2.00. The molecule has 0 N–H and O–H groups in total. The van der Waals surface area contributed by atoms with Gasteiger partial charge in [-0.1, -0.05) is 23.8 Å². The molecule has 1 aliphatic carbocycles. The number of rotatable bonds is 0. The van der Waals surface area contributed by atoms with Crippen molar-refractivity contribution >= 4 is 10.9 Å². The van der Waals surface area contributed by atoms with Gasteiger partial charge >= 0.3 is 0 Å². The lowest BCUT2D eigenvalue weighted by Crippen LogP contribution is -2.32. The van der Waals surface area contributed by atoms with Gasteiger partial charge in [-0.3, -0.25) is 4.68 Å². The Hall–Kier alpha value is -2.03. The van der Waals surface area contributed by atoms with Gasteiger partial charge in [-0.2, -0.15) is 5.10 Å². The van der Waals surface area contributed by atoms with Crippen molar-refractivity contribution in [2.45, 2.75) is 26.0 Å². The highest BCUT2D eigenvalue weighted by molar-refractivity contribution is 5.88. The number of aromatic nitrogens is 2. The van der Waals surface area contributed by atoms with Crippen LogP contribution in [0.3, 0.4) is 0 Å². The lowest BCUT2D eigenvalue weighted by atomic mass is 9.99. The van der Waals surface area contributed by atoms with Gasteiger partial charge in [0.15, 0.2) is 0 Å². The first-order valence-corrected chi connectivity index (χ1v) is 6.24. The van der Waals surface area contributed by atoms with Crippen LogP contribution in [0.25, 0.3) is 10.9 Å². The number of hydrogen-bond donors (Lipinski definition) is 0. The average molecular weight is 238 g/mol. The molecule has 0 bridgehead atoms. The summed E-state index contributed by atoms with van der Waals surface area (Å²) >= 11 is 0. The minimum absolute atomic E-state index is 0.0632. The van der Waals surface area contributed by atoms with Gasteiger partial charge in [0.25, 0.3) is 0 Å². The zero-order valence-corrected chi connectivity index (χ0v) is 10.4. The summed E-state index contributed by atoms with van der Waals surface area (Å²) in [7, 11) is 0. The fourth-order valence-electron chi connectivity index (χ4n) is 2.83. The first-order valence-electron chi connectivity index (χ1n) is 6.24. The quantitative estimate of drug-likeness (QED) is 0.705. The van der Waals surface area contributed by atoms with Gasteiger partial charge in [0.2, 0.25) is 0 Å². The number of fused-ring (bicyclic) bond motifs is 2. The lowest BCUT2D eigenvalue weighted by molar-refractivity contribution is 0.182. The summed E-state index contributed by atoms with van der Waals surface area (Å²) < 4.78 is 8.19. The van der Waals surface area contributed by atoms with E-state index >= 15 is 0 Å². The van der Waals surface area contributed by atoms with E-state index in [-0.39, 0.29) is 12.1 Å². The summed E-state index contributed by atoms with van der Waals surface area (Å²) in [6.45, 7) is 4.21. The van der Waals surface area contributed by atoms with Gasteiger partial charge in [0, 0.05) is 5.39 Å². The minimum atomic E-state index is 0.0632. The normalized spacial score (nSPS) is 24.7. The van der Waals surface area contributed by atoms with E-state index in [9.17, 15) is 0 Å². The van der Waals surface area contributed by atoms with E-state index in [1.54, 1.807) is 0 Å². The predicted molar refractivity (Wildman–Crippen MR) is 70.8 cm³/mol. The SMILES string of the molecule is CC1=CC2Oc3ccc(C)c4cnn(c34)C2C=C1. The maximum absolute atomic E-state index is 6.10. The molecule has 2 heterocycles. The van der Waals surface area contributed by atoms with Gasteiger partial charge < -0.3 is 4.74 Å². The lowest BCUT2D eigenvalue weighted by Gasteiger charge is -2.32. The van der Waals surface area contributed by atoms with Crippen LogP contribution in [0.4, 0.5) is 0 Å². The van der Waals surface area contributed by atoms with E-state index in [4.69, 9.17) is 4.74 Å². The smallest absolute Gasteiger partial charge is 0.146 e. The molecule has 90 valence electrons. The van der Waals surface area contributed by atoms with E-state index in [1.807, 2.05) is 12.3 Å². The first kappa shape index (κ1) is 9.95. The third-order valence-corrected chi connectivity index (χ3v) is 3.80. The van der Waals surface area contributed by atoms with Gasteiger partial charge in [-0.15, -0.1) is 0 Å². The van der Waals surface area contributed by atoms with Crippen molar-refractivity contribution in [3.8, 4) is 5.75 Å². The molecule has 0 saturated heterocycles. The van der Waals surface area contributed by atoms with Crippen LogP contribution in [0.2, 0.25) is 0 Å². The predicted octanol–water partition coefficient (Wildman–Crippen LogP) is 3.16.